The summed E-state index contributed by atoms with van der Waals surface area (Å²) in [6, 6.07) is 9.55. The number of nitrogens with one attached hydrogen (secondary N) is 1. The molecular weight excluding hydrogens is 557 g/mol. The maximum absolute atomic E-state index is 14.0. The maximum Gasteiger partial charge on any atom is 0.418 e. The molecule has 0 bridgehead atoms. The first-order valence-corrected chi connectivity index (χ1v) is 14.4. The van der Waals surface area contributed by atoms with Gasteiger partial charge in [0.1, 0.15) is 31.3 Å². The molecule has 3 heterocycles. The van der Waals surface area contributed by atoms with Crippen LogP contribution in [0.1, 0.15) is 36.0 Å². The minimum atomic E-state index is -1.48. The minimum absolute atomic E-state index is 0.0960. The van der Waals surface area contributed by atoms with E-state index in [1.165, 1.54) is 12.1 Å². The molecule has 12 heteroatoms. The van der Waals surface area contributed by atoms with Crippen LogP contribution in [-0.4, -0.2) is 69.6 Å². The lowest BCUT2D eigenvalue weighted by atomic mass is 9.93. The van der Waals surface area contributed by atoms with Crippen molar-refractivity contribution in [3.8, 4) is 16.9 Å². The van der Waals surface area contributed by atoms with Crippen LogP contribution in [0.3, 0.4) is 0 Å². The molecule has 2 aliphatic heterocycles. The Morgan fingerprint density at radius 1 is 1.09 bits per heavy atom. The quantitative estimate of drug-likeness (QED) is 0.471. The summed E-state index contributed by atoms with van der Waals surface area (Å²) in [5.41, 5.74) is 2.19. The summed E-state index contributed by atoms with van der Waals surface area (Å²) in [5.74, 6) is -0.790. The molecule has 1 saturated heterocycles. The summed E-state index contributed by atoms with van der Waals surface area (Å²) in [6.45, 7) is 0.0163. The molecule has 2 aliphatic carbocycles. The monoisotopic (exact) mass is 587 g/mol. The van der Waals surface area contributed by atoms with E-state index < -0.39 is 35.9 Å². The number of amides is 4. The van der Waals surface area contributed by atoms with Crippen LogP contribution in [0, 0.1) is 11.7 Å². The fraction of sp³-hybridized carbons (Fsp3) is 0.387. The zero-order valence-electron chi connectivity index (χ0n) is 23.5. The lowest BCUT2D eigenvalue weighted by Crippen LogP contribution is -2.49. The van der Waals surface area contributed by atoms with Gasteiger partial charge in [-0.3, -0.25) is 19.1 Å². The molecule has 11 nitrogen and oxygen atoms in total. The summed E-state index contributed by atoms with van der Waals surface area (Å²) in [5, 5.41) is 6.81. The van der Waals surface area contributed by atoms with Gasteiger partial charge in [0.25, 0.3) is 5.91 Å². The number of halogens is 1. The molecular formula is C31H30FN5O6. The van der Waals surface area contributed by atoms with E-state index in [0.29, 0.717) is 23.3 Å². The second-order valence-corrected chi connectivity index (χ2v) is 11.5. The van der Waals surface area contributed by atoms with Gasteiger partial charge in [0.2, 0.25) is 17.4 Å². The van der Waals surface area contributed by atoms with E-state index in [1.807, 2.05) is 12.1 Å². The first-order chi connectivity index (χ1) is 20.8. The van der Waals surface area contributed by atoms with Crippen molar-refractivity contribution in [3.63, 3.8) is 0 Å². The number of benzene rings is 2. The molecule has 1 unspecified atom stereocenters. The number of carbonyl (C=O) groups is 4. The van der Waals surface area contributed by atoms with E-state index in [-0.39, 0.29) is 44.0 Å². The molecule has 0 radical (unpaired) electrons. The van der Waals surface area contributed by atoms with Crippen molar-refractivity contribution in [1.29, 1.82) is 0 Å². The van der Waals surface area contributed by atoms with Crippen LogP contribution in [0.2, 0.25) is 0 Å². The number of likely N-dealkylation sites (N-methyl/N-ethyl adjacent to an activating group) is 1. The number of imide groups is 1. The van der Waals surface area contributed by atoms with Crippen molar-refractivity contribution in [1.82, 2.24) is 24.9 Å². The fourth-order valence-corrected chi connectivity index (χ4v) is 6.41. The maximum atomic E-state index is 14.0. The molecule has 1 spiro atoms. The molecule has 43 heavy (non-hydrogen) atoms. The van der Waals surface area contributed by atoms with Crippen LogP contribution in [0.15, 0.2) is 48.8 Å². The number of carbonyl (C=O) groups excluding carboxylic acids is 4. The molecule has 2 atom stereocenters. The number of aromatic nitrogens is 2. The number of ether oxygens (including phenoxy) is 2. The van der Waals surface area contributed by atoms with Crippen molar-refractivity contribution in [3.05, 3.63) is 71.3 Å². The minimum Gasteiger partial charge on any atom is -0.491 e. The zero-order valence-corrected chi connectivity index (χ0v) is 23.5. The van der Waals surface area contributed by atoms with Crippen LogP contribution in [0.25, 0.3) is 11.1 Å². The SMILES string of the molecule is CNC(=O)Cn1cc(-c2ccc3c(c2)CCC32OC(=O)N(CC(=O)N3Cc4cc(F)ccc4OC[C@H]3C3CC3)C2=O)cn1. The zero-order chi connectivity index (χ0) is 29.9. The number of rotatable bonds is 6. The standard InChI is InChI=1S/C31H30FN5O6/c1-33-27(38)15-35-13-22(12-34-35)19-4-6-24-20(10-19)8-9-31(24)29(40)37(30(41)43-31)16-28(39)36-14-21-11-23(32)5-7-26(21)42-17-25(36)18-2-3-18/h4-7,10-13,18,25H,2-3,8-9,14-17H2,1H3,(H,33,38)/t25-,31?/m0/s1. The largest absolute Gasteiger partial charge is 0.491 e. The molecule has 1 aromatic heterocycles. The summed E-state index contributed by atoms with van der Waals surface area (Å²) < 4.78 is 27.3. The van der Waals surface area contributed by atoms with Crippen molar-refractivity contribution >= 4 is 23.8 Å². The third-order valence-electron chi connectivity index (χ3n) is 8.86. The normalized spacial score (nSPS) is 22.6. The van der Waals surface area contributed by atoms with E-state index in [1.54, 1.807) is 41.2 Å². The number of hydrogen-bond donors (Lipinski definition) is 1. The lowest BCUT2D eigenvalue weighted by Gasteiger charge is -2.30. The summed E-state index contributed by atoms with van der Waals surface area (Å²) in [4.78, 5) is 54.9. The molecule has 3 aromatic rings. The van der Waals surface area contributed by atoms with E-state index in [2.05, 4.69) is 10.4 Å². The second kappa shape index (κ2) is 10.2. The summed E-state index contributed by atoms with van der Waals surface area (Å²) in [7, 11) is 1.56. The molecule has 222 valence electrons. The lowest BCUT2D eigenvalue weighted by molar-refractivity contribution is -0.143. The van der Waals surface area contributed by atoms with Gasteiger partial charge in [-0.1, -0.05) is 18.2 Å². The average Bonchev–Trinajstić information content (AvgIpc) is 3.61. The number of aryl methyl sites for hydroxylation is 1. The Labute approximate surface area is 246 Å². The predicted molar refractivity (Wildman–Crippen MR) is 149 cm³/mol. The predicted octanol–water partition coefficient (Wildman–Crippen LogP) is 2.76. The third-order valence-corrected chi connectivity index (χ3v) is 8.86. The van der Waals surface area contributed by atoms with E-state index in [9.17, 15) is 23.6 Å². The first kappa shape index (κ1) is 27.1. The molecule has 2 aromatic carbocycles. The number of nitrogens with zero attached hydrogens (tertiary/aromatic N) is 4. The summed E-state index contributed by atoms with van der Waals surface area (Å²) >= 11 is 0. The highest BCUT2D eigenvalue weighted by atomic mass is 19.1. The van der Waals surface area contributed by atoms with Crippen LogP contribution in [-0.2, 0) is 44.2 Å². The highest BCUT2D eigenvalue weighted by molar-refractivity contribution is 6.06. The molecule has 1 saturated carbocycles. The molecule has 4 aliphatic rings. The summed E-state index contributed by atoms with van der Waals surface area (Å²) in [6.07, 6.45) is 5.25. The Balaban J connectivity index is 1.11. The van der Waals surface area contributed by atoms with Gasteiger partial charge in [0.15, 0.2) is 0 Å². The number of fused-ring (bicyclic) bond motifs is 3. The van der Waals surface area contributed by atoms with Crippen LogP contribution in [0.5, 0.6) is 5.75 Å². The van der Waals surface area contributed by atoms with Crippen LogP contribution >= 0.6 is 0 Å². The Bertz CT molecular complexity index is 1670. The Morgan fingerprint density at radius 2 is 1.93 bits per heavy atom. The van der Waals surface area contributed by atoms with Gasteiger partial charge in [-0.15, -0.1) is 0 Å². The van der Waals surface area contributed by atoms with Gasteiger partial charge in [-0.2, -0.15) is 5.10 Å². The molecule has 1 N–H and O–H groups in total. The number of hydrogen-bond acceptors (Lipinski definition) is 7. The van der Waals surface area contributed by atoms with E-state index >= 15 is 0 Å². The van der Waals surface area contributed by atoms with Crippen molar-refractivity contribution in [2.75, 3.05) is 20.2 Å². The topological polar surface area (TPSA) is 123 Å². The van der Waals surface area contributed by atoms with Crippen LogP contribution < -0.4 is 10.1 Å². The second-order valence-electron chi connectivity index (χ2n) is 11.5. The Kier molecular flexibility index (Phi) is 6.44. The van der Waals surface area contributed by atoms with Crippen LogP contribution in [0.4, 0.5) is 9.18 Å². The fourth-order valence-electron chi connectivity index (χ4n) is 6.41. The van der Waals surface area contributed by atoms with E-state index in [4.69, 9.17) is 9.47 Å². The average molecular weight is 588 g/mol. The Hall–Kier alpha value is -4.74. The van der Waals surface area contributed by atoms with Gasteiger partial charge >= 0.3 is 6.09 Å². The van der Waals surface area contributed by atoms with Gasteiger partial charge in [0, 0.05) is 42.9 Å². The van der Waals surface area contributed by atoms with E-state index in [0.717, 1.165) is 34.4 Å². The van der Waals surface area contributed by atoms with Gasteiger partial charge in [-0.25, -0.2) is 14.1 Å². The van der Waals surface area contributed by atoms with Crippen molar-refractivity contribution < 1.29 is 33.0 Å². The third kappa shape index (κ3) is 4.70. The molecule has 4 amide bonds. The molecule has 2 fully saturated rings. The first-order valence-electron chi connectivity index (χ1n) is 14.4. The highest BCUT2D eigenvalue weighted by Gasteiger charge is 2.58. The smallest absolute Gasteiger partial charge is 0.418 e. The van der Waals surface area contributed by atoms with Crippen molar-refractivity contribution in [2.45, 2.75) is 50.4 Å². The van der Waals surface area contributed by atoms with Gasteiger partial charge in [-0.05, 0) is 54.5 Å². The highest BCUT2D eigenvalue weighted by Crippen LogP contribution is 2.46. The molecule has 7 rings (SSSR count). The van der Waals surface area contributed by atoms with Gasteiger partial charge < -0.3 is 19.7 Å². The van der Waals surface area contributed by atoms with Crippen molar-refractivity contribution in [2.24, 2.45) is 5.92 Å². The van der Waals surface area contributed by atoms with Gasteiger partial charge in [0.05, 0.1) is 12.2 Å². The Morgan fingerprint density at radius 3 is 2.72 bits per heavy atom.